The molecule has 4 rings (SSSR count). The predicted molar refractivity (Wildman–Crippen MR) is 93.4 cm³/mol. The van der Waals surface area contributed by atoms with E-state index < -0.39 is 29.0 Å². The molecule has 1 aliphatic rings. The minimum absolute atomic E-state index is 0.0395. The van der Waals surface area contributed by atoms with Crippen LogP contribution in [0.5, 0.6) is 0 Å². The second-order valence-corrected chi connectivity index (χ2v) is 6.34. The van der Waals surface area contributed by atoms with E-state index in [4.69, 9.17) is 9.52 Å². The van der Waals surface area contributed by atoms with Crippen molar-refractivity contribution in [2.75, 3.05) is 13.2 Å². The third-order valence-corrected chi connectivity index (χ3v) is 4.67. The van der Waals surface area contributed by atoms with Crippen molar-refractivity contribution in [2.24, 2.45) is 0 Å². The highest BCUT2D eigenvalue weighted by Crippen LogP contribution is 2.38. The number of amides is 1. The van der Waals surface area contributed by atoms with Gasteiger partial charge in [0.1, 0.15) is 17.2 Å². The standard InChI is InChI=1S/C20H15F2NO4/c21-12-4-2-11(3-5-12)17-16-18(25)14-10-13(22)6-7-15(14)27-19(16)20(26)23(17)8-1-9-24/h2-7,10,17,24H,1,8-9H2. The van der Waals surface area contributed by atoms with Crippen LogP contribution in [0.3, 0.4) is 0 Å². The number of fused-ring (bicyclic) bond motifs is 2. The van der Waals surface area contributed by atoms with Gasteiger partial charge in [-0.3, -0.25) is 9.59 Å². The highest BCUT2D eigenvalue weighted by atomic mass is 19.1. The summed E-state index contributed by atoms with van der Waals surface area (Å²) in [7, 11) is 0. The zero-order valence-electron chi connectivity index (χ0n) is 14.1. The van der Waals surface area contributed by atoms with Gasteiger partial charge in [0, 0.05) is 13.2 Å². The molecule has 0 bridgehead atoms. The Bertz CT molecular complexity index is 1090. The molecule has 1 N–H and O–H groups in total. The molecule has 2 aromatic carbocycles. The fraction of sp³-hybridized carbons (Fsp3) is 0.200. The number of nitrogens with zero attached hydrogens (tertiary/aromatic N) is 1. The number of rotatable bonds is 4. The minimum Gasteiger partial charge on any atom is -0.450 e. The van der Waals surface area contributed by atoms with Crippen molar-refractivity contribution in [3.8, 4) is 0 Å². The Hall–Kier alpha value is -3.06. The molecule has 138 valence electrons. The number of aliphatic hydroxyl groups excluding tert-OH is 1. The number of aliphatic hydroxyl groups is 1. The van der Waals surface area contributed by atoms with Crippen LogP contribution in [-0.4, -0.2) is 29.1 Å². The zero-order chi connectivity index (χ0) is 19.1. The van der Waals surface area contributed by atoms with Crippen LogP contribution >= 0.6 is 0 Å². The molecule has 3 aromatic rings. The molecule has 1 atom stereocenters. The van der Waals surface area contributed by atoms with E-state index in [-0.39, 0.29) is 35.4 Å². The first-order valence-electron chi connectivity index (χ1n) is 8.45. The van der Waals surface area contributed by atoms with Crippen LogP contribution in [-0.2, 0) is 0 Å². The lowest BCUT2D eigenvalue weighted by atomic mass is 9.98. The Labute approximate surface area is 152 Å². The Kier molecular flexibility index (Phi) is 4.24. The summed E-state index contributed by atoms with van der Waals surface area (Å²) in [6, 6.07) is 8.20. The molecule has 5 nitrogen and oxygen atoms in total. The zero-order valence-corrected chi connectivity index (χ0v) is 14.1. The number of benzene rings is 2. The predicted octanol–water partition coefficient (Wildman–Crippen LogP) is 3.00. The highest BCUT2D eigenvalue weighted by molar-refractivity contribution is 5.99. The van der Waals surface area contributed by atoms with Crippen LogP contribution in [0, 0.1) is 11.6 Å². The fourth-order valence-electron chi connectivity index (χ4n) is 3.46. The molecule has 27 heavy (non-hydrogen) atoms. The number of hydrogen-bond acceptors (Lipinski definition) is 4. The normalized spacial score (nSPS) is 16.2. The Balaban J connectivity index is 1.97. The quantitative estimate of drug-likeness (QED) is 0.765. The van der Waals surface area contributed by atoms with Crippen LogP contribution < -0.4 is 5.43 Å². The van der Waals surface area contributed by atoms with E-state index in [2.05, 4.69) is 0 Å². The summed E-state index contributed by atoms with van der Waals surface area (Å²) < 4.78 is 32.6. The molecule has 2 heterocycles. The summed E-state index contributed by atoms with van der Waals surface area (Å²) in [6.45, 7) is 0.0521. The third kappa shape index (κ3) is 2.80. The Morgan fingerprint density at radius 3 is 2.44 bits per heavy atom. The lowest BCUT2D eigenvalue weighted by molar-refractivity contribution is 0.0716. The molecule has 0 radical (unpaired) electrons. The van der Waals surface area contributed by atoms with E-state index in [9.17, 15) is 18.4 Å². The first-order chi connectivity index (χ1) is 13.0. The molecule has 0 aliphatic carbocycles. The number of carbonyl (C=O) groups is 1. The van der Waals surface area contributed by atoms with Crippen molar-refractivity contribution in [2.45, 2.75) is 12.5 Å². The van der Waals surface area contributed by atoms with Gasteiger partial charge in [0.15, 0.2) is 5.43 Å². The molecular formula is C20H15F2NO4. The summed E-state index contributed by atoms with van der Waals surface area (Å²) >= 11 is 0. The summed E-state index contributed by atoms with van der Waals surface area (Å²) in [6.07, 6.45) is 0.305. The molecule has 1 aliphatic heterocycles. The minimum atomic E-state index is -0.788. The average Bonchev–Trinajstić information content (AvgIpc) is 2.94. The Morgan fingerprint density at radius 1 is 1.04 bits per heavy atom. The van der Waals surface area contributed by atoms with Gasteiger partial charge in [0.25, 0.3) is 5.91 Å². The van der Waals surface area contributed by atoms with Gasteiger partial charge in [-0.2, -0.15) is 0 Å². The van der Waals surface area contributed by atoms with E-state index in [1.165, 1.54) is 35.2 Å². The van der Waals surface area contributed by atoms with Gasteiger partial charge in [-0.15, -0.1) is 0 Å². The second kappa shape index (κ2) is 6.59. The van der Waals surface area contributed by atoms with Gasteiger partial charge in [0.2, 0.25) is 5.76 Å². The molecule has 7 heteroatoms. The maximum absolute atomic E-state index is 13.6. The smallest absolute Gasteiger partial charge is 0.290 e. The SMILES string of the molecule is O=C1c2oc3ccc(F)cc3c(=O)c2C(c2ccc(F)cc2)N1CCCO. The van der Waals surface area contributed by atoms with Crippen molar-refractivity contribution in [1.82, 2.24) is 4.90 Å². The maximum Gasteiger partial charge on any atom is 0.290 e. The lowest BCUT2D eigenvalue weighted by Crippen LogP contribution is -2.31. The third-order valence-electron chi connectivity index (χ3n) is 4.67. The molecule has 0 saturated carbocycles. The van der Waals surface area contributed by atoms with Gasteiger partial charge >= 0.3 is 0 Å². The fourth-order valence-corrected chi connectivity index (χ4v) is 3.46. The average molecular weight is 371 g/mol. The largest absolute Gasteiger partial charge is 0.450 e. The van der Waals surface area contributed by atoms with Crippen LogP contribution in [0.15, 0.2) is 51.7 Å². The van der Waals surface area contributed by atoms with Crippen LogP contribution in [0.25, 0.3) is 11.0 Å². The lowest BCUT2D eigenvalue weighted by Gasteiger charge is -2.24. The first kappa shape index (κ1) is 17.4. The van der Waals surface area contributed by atoms with Crippen molar-refractivity contribution in [1.29, 1.82) is 0 Å². The van der Waals surface area contributed by atoms with Crippen molar-refractivity contribution in [3.05, 3.63) is 81.2 Å². The number of carbonyl (C=O) groups excluding carboxylic acids is 1. The van der Waals surface area contributed by atoms with E-state index in [0.717, 1.165) is 12.1 Å². The summed E-state index contributed by atoms with van der Waals surface area (Å²) in [5.41, 5.74) is 0.252. The molecule has 1 aromatic heterocycles. The summed E-state index contributed by atoms with van der Waals surface area (Å²) in [5.74, 6) is -1.63. The molecule has 1 unspecified atom stereocenters. The highest BCUT2D eigenvalue weighted by Gasteiger charge is 2.42. The van der Waals surface area contributed by atoms with Gasteiger partial charge in [-0.05, 0) is 42.3 Å². The van der Waals surface area contributed by atoms with Gasteiger partial charge in [-0.1, -0.05) is 12.1 Å². The maximum atomic E-state index is 13.6. The monoisotopic (exact) mass is 371 g/mol. The number of hydrogen-bond donors (Lipinski definition) is 1. The van der Waals surface area contributed by atoms with Gasteiger partial charge in [0.05, 0.1) is 17.0 Å². The first-order valence-corrected chi connectivity index (χ1v) is 8.45. The topological polar surface area (TPSA) is 70.8 Å². The van der Waals surface area contributed by atoms with Crippen molar-refractivity contribution in [3.63, 3.8) is 0 Å². The van der Waals surface area contributed by atoms with E-state index in [1.54, 1.807) is 0 Å². The Morgan fingerprint density at radius 2 is 1.74 bits per heavy atom. The molecular weight excluding hydrogens is 356 g/mol. The van der Waals surface area contributed by atoms with E-state index in [1.807, 2.05) is 0 Å². The molecule has 0 fully saturated rings. The van der Waals surface area contributed by atoms with Crippen LogP contribution in [0.2, 0.25) is 0 Å². The molecule has 1 amide bonds. The summed E-state index contributed by atoms with van der Waals surface area (Å²) in [5, 5.41) is 9.19. The van der Waals surface area contributed by atoms with Crippen molar-refractivity contribution < 1.29 is 23.1 Å². The summed E-state index contributed by atoms with van der Waals surface area (Å²) in [4.78, 5) is 27.3. The van der Waals surface area contributed by atoms with Gasteiger partial charge in [-0.25, -0.2) is 8.78 Å². The van der Waals surface area contributed by atoms with E-state index in [0.29, 0.717) is 12.0 Å². The van der Waals surface area contributed by atoms with Crippen LogP contribution in [0.4, 0.5) is 8.78 Å². The van der Waals surface area contributed by atoms with Gasteiger partial charge < -0.3 is 14.4 Å². The van der Waals surface area contributed by atoms with Crippen LogP contribution in [0.1, 0.15) is 34.1 Å². The molecule has 0 saturated heterocycles. The van der Waals surface area contributed by atoms with Crippen molar-refractivity contribution >= 4 is 16.9 Å². The second-order valence-electron chi connectivity index (χ2n) is 6.34. The van der Waals surface area contributed by atoms with E-state index >= 15 is 0 Å². The number of halogens is 2. The molecule has 0 spiro atoms.